The minimum absolute atomic E-state index is 0.00601. The lowest BCUT2D eigenvalue weighted by Gasteiger charge is -2.37. The van der Waals surface area contributed by atoms with E-state index in [-0.39, 0.29) is 30.4 Å². The third-order valence-corrected chi connectivity index (χ3v) is 7.13. The van der Waals surface area contributed by atoms with Gasteiger partial charge in [-0.2, -0.15) is 0 Å². The summed E-state index contributed by atoms with van der Waals surface area (Å²) in [6, 6.07) is 2.18. The Morgan fingerprint density at radius 1 is 1.18 bits per heavy atom. The van der Waals surface area contributed by atoms with E-state index in [4.69, 9.17) is 28.5 Å². The summed E-state index contributed by atoms with van der Waals surface area (Å²) in [5.41, 5.74) is 0.990. The Morgan fingerprint density at radius 3 is 2.70 bits per heavy atom. The van der Waals surface area contributed by atoms with E-state index >= 15 is 0 Å². The molecule has 0 radical (unpaired) electrons. The Morgan fingerprint density at radius 2 is 2.03 bits per heavy atom. The maximum Gasteiger partial charge on any atom is 0.286 e. The number of hydrogen-bond donors (Lipinski definition) is 2. The Balaban J connectivity index is 1.41. The molecule has 8 heteroatoms. The number of ether oxygens (including phenoxy) is 4. The van der Waals surface area contributed by atoms with E-state index in [0.29, 0.717) is 51.1 Å². The predicted octanol–water partition coefficient (Wildman–Crippen LogP) is 2.98. The van der Waals surface area contributed by atoms with Gasteiger partial charge in [-0.3, -0.25) is 4.79 Å². The van der Waals surface area contributed by atoms with E-state index in [1.54, 1.807) is 12.5 Å². The fourth-order valence-electron chi connectivity index (χ4n) is 5.55. The van der Waals surface area contributed by atoms with Gasteiger partial charge in [0.25, 0.3) is 5.91 Å². The summed E-state index contributed by atoms with van der Waals surface area (Å²) in [5, 5.41) is 12.0. The Bertz CT molecular complexity index is 765. The highest BCUT2D eigenvalue weighted by molar-refractivity contribution is 5.92. The summed E-state index contributed by atoms with van der Waals surface area (Å²) >= 11 is 0. The molecule has 1 amide bonds. The average Bonchev–Trinajstić information content (AvgIpc) is 3.58. The molecule has 2 N–H and O–H groups in total. The van der Waals surface area contributed by atoms with Crippen LogP contribution < -0.4 is 5.32 Å². The summed E-state index contributed by atoms with van der Waals surface area (Å²) in [6.07, 6.45) is 10.2. The van der Waals surface area contributed by atoms with Crippen LogP contribution in [0.3, 0.4) is 0 Å². The minimum Gasteiger partial charge on any atom is -0.472 e. The number of carbonyl (C=O) groups is 1. The fourth-order valence-corrected chi connectivity index (χ4v) is 5.55. The largest absolute Gasteiger partial charge is 0.472 e. The highest BCUT2D eigenvalue weighted by Crippen LogP contribution is 2.45. The monoisotopic (exact) mass is 463 g/mol. The molecule has 2 fully saturated rings. The molecule has 2 bridgehead atoms. The number of carbonyl (C=O) groups excluding carboxylic acids is 1. The van der Waals surface area contributed by atoms with E-state index in [1.807, 2.05) is 19.1 Å². The van der Waals surface area contributed by atoms with Crippen LogP contribution in [0.4, 0.5) is 0 Å². The van der Waals surface area contributed by atoms with Crippen LogP contribution in [0, 0.1) is 17.8 Å². The Labute approximate surface area is 195 Å². The molecule has 1 aromatic heterocycles. The number of amides is 1. The molecular formula is C25H37NO7. The smallest absolute Gasteiger partial charge is 0.286 e. The standard InChI is InChI=1S/C25H37NO7/c1-2-32-25-20(6-9-29-11-12-30-10-7-27)21(19-5-8-31-16-19)15-23(33-25)24(28)26-22-14-17-3-4-18(22)13-17/h5,8,15-18,20-22,25,27H,2-4,6-7,9-14H2,1H3,(H,26,28). The molecule has 6 unspecified atom stereocenters. The topological polar surface area (TPSA) is 99.4 Å². The van der Waals surface area contributed by atoms with Gasteiger partial charge in [0, 0.05) is 31.1 Å². The van der Waals surface area contributed by atoms with Crippen LogP contribution >= 0.6 is 0 Å². The van der Waals surface area contributed by atoms with Crippen molar-refractivity contribution in [2.45, 2.75) is 57.3 Å². The normalized spacial score (nSPS) is 30.8. The molecule has 2 aliphatic carbocycles. The molecule has 1 aromatic rings. The molecule has 2 heterocycles. The average molecular weight is 464 g/mol. The summed E-state index contributed by atoms with van der Waals surface area (Å²) < 4.78 is 28.4. The van der Waals surface area contributed by atoms with Gasteiger partial charge in [-0.1, -0.05) is 6.42 Å². The van der Waals surface area contributed by atoms with E-state index in [0.717, 1.165) is 17.9 Å². The van der Waals surface area contributed by atoms with Crippen molar-refractivity contribution < 1.29 is 33.3 Å². The van der Waals surface area contributed by atoms with Crippen LogP contribution in [0.2, 0.25) is 0 Å². The minimum atomic E-state index is -0.546. The molecule has 0 spiro atoms. The van der Waals surface area contributed by atoms with Crippen LogP contribution in [0.1, 0.15) is 50.5 Å². The molecule has 6 atom stereocenters. The van der Waals surface area contributed by atoms with Crippen molar-refractivity contribution in [1.82, 2.24) is 5.32 Å². The molecule has 184 valence electrons. The van der Waals surface area contributed by atoms with Crippen LogP contribution in [0.5, 0.6) is 0 Å². The maximum absolute atomic E-state index is 13.1. The van der Waals surface area contributed by atoms with Gasteiger partial charge in [0.1, 0.15) is 0 Å². The summed E-state index contributed by atoms with van der Waals surface area (Å²) in [6.45, 7) is 4.13. The van der Waals surface area contributed by atoms with Gasteiger partial charge in [0.05, 0.1) is 39.0 Å². The molecule has 4 rings (SSSR count). The Hall–Kier alpha value is -1.87. The maximum atomic E-state index is 13.1. The second-order valence-electron chi connectivity index (χ2n) is 9.21. The number of allylic oxidation sites excluding steroid dienone is 1. The van der Waals surface area contributed by atoms with Crippen molar-refractivity contribution in [3.8, 4) is 0 Å². The van der Waals surface area contributed by atoms with Crippen LogP contribution in [0.15, 0.2) is 34.8 Å². The number of nitrogens with one attached hydrogen (secondary N) is 1. The molecule has 0 saturated heterocycles. The van der Waals surface area contributed by atoms with Crippen molar-refractivity contribution in [3.05, 3.63) is 36.0 Å². The lowest BCUT2D eigenvalue weighted by molar-refractivity contribution is -0.168. The molecule has 0 aromatic carbocycles. The van der Waals surface area contributed by atoms with Gasteiger partial charge in [0.15, 0.2) is 5.76 Å². The highest BCUT2D eigenvalue weighted by atomic mass is 16.7. The quantitative estimate of drug-likeness (QED) is 0.434. The lowest BCUT2D eigenvalue weighted by Crippen LogP contribution is -2.43. The number of rotatable bonds is 13. The SMILES string of the molecule is CCOC1OC(C(=O)NC2CC3CCC2C3)=CC(c2ccoc2)C1CCOCCOCCO. The first-order chi connectivity index (χ1) is 16.2. The molecule has 33 heavy (non-hydrogen) atoms. The summed E-state index contributed by atoms with van der Waals surface area (Å²) in [7, 11) is 0. The van der Waals surface area contributed by atoms with E-state index in [1.165, 1.54) is 19.3 Å². The van der Waals surface area contributed by atoms with Crippen molar-refractivity contribution in [2.75, 3.05) is 39.6 Å². The summed E-state index contributed by atoms with van der Waals surface area (Å²) in [4.78, 5) is 13.1. The molecule has 3 aliphatic rings. The molecule has 2 saturated carbocycles. The first-order valence-electron chi connectivity index (χ1n) is 12.3. The number of hydrogen-bond acceptors (Lipinski definition) is 7. The summed E-state index contributed by atoms with van der Waals surface area (Å²) in [5.74, 6) is 1.43. The van der Waals surface area contributed by atoms with Crippen LogP contribution in [0.25, 0.3) is 0 Å². The van der Waals surface area contributed by atoms with Gasteiger partial charge in [-0.25, -0.2) is 0 Å². The third-order valence-electron chi connectivity index (χ3n) is 7.13. The van der Waals surface area contributed by atoms with E-state index < -0.39 is 6.29 Å². The van der Waals surface area contributed by atoms with Gasteiger partial charge >= 0.3 is 0 Å². The number of fused-ring (bicyclic) bond motifs is 2. The Kier molecular flexibility index (Phi) is 8.83. The molecular weight excluding hydrogens is 426 g/mol. The number of aliphatic hydroxyl groups is 1. The lowest BCUT2D eigenvalue weighted by atomic mass is 9.82. The van der Waals surface area contributed by atoms with E-state index in [2.05, 4.69) is 5.32 Å². The molecule has 8 nitrogen and oxygen atoms in total. The zero-order valence-corrected chi connectivity index (χ0v) is 19.4. The third kappa shape index (κ3) is 6.18. The van der Waals surface area contributed by atoms with Gasteiger partial charge in [-0.05, 0) is 62.1 Å². The van der Waals surface area contributed by atoms with Crippen molar-refractivity contribution in [2.24, 2.45) is 17.8 Å². The number of aliphatic hydroxyl groups excluding tert-OH is 1. The highest BCUT2D eigenvalue weighted by Gasteiger charge is 2.42. The zero-order chi connectivity index (χ0) is 23.0. The van der Waals surface area contributed by atoms with Crippen molar-refractivity contribution in [3.63, 3.8) is 0 Å². The van der Waals surface area contributed by atoms with Crippen molar-refractivity contribution >= 4 is 5.91 Å². The first-order valence-corrected chi connectivity index (χ1v) is 12.3. The number of furan rings is 1. The van der Waals surface area contributed by atoms with E-state index in [9.17, 15) is 4.79 Å². The van der Waals surface area contributed by atoms with Gasteiger partial charge in [0.2, 0.25) is 6.29 Å². The second kappa shape index (κ2) is 12.0. The van der Waals surface area contributed by atoms with Gasteiger partial charge < -0.3 is 33.8 Å². The second-order valence-corrected chi connectivity index (χ2v) is 9.21. The van der Waals surface area contributed by atoms with Crippen LogP contribution in [-0.2, 0) is 23.7 Å². The first kappa shape index (κ1) is 24.3. The zero-order valence-electron chi connectivity index (χ0n) is 19.4. The van der Waals surface area contributed by atoms with Crippen molar-refractivity contribution in [1.29, 1.82) is 0 Å². The van der Waals surface area contributed by atoms with Crippen LogP contribution in [-0.4, -0.2) is 63.0 Å². The molecule has 1 aliphatic heterocycles. The fraction of sp³-hybridized carbons (Fsp3) is 0.720. The predicted molar refractivity (Wildman–Crippen MR) is 120 cm³/mol. The van der Waals surface area contributed by atoms with Gasteiger partial charge in [-0.15, -0.1) is 0 Å².